The summed E-state index contributed by atoms with van der Waals surface area (Å²) in [5.74, 6) is -0.147. The monoisotopic (exact) mass is 338 g/mol. The Hall–Kier alpha value is -3.73. The number of nitrogens with zero attached hydrogens (tertiary/aromatic N) is 2. The molecule has 0 atom stereocenters. The van der Waals surface area contributed by atoms with Gasteiger partial charge in [0.2, 0.25) is 0 Å². The molecule has 3 aromatic carbocycles. The number of hydrogen-bond acceptors (Lipinski definition) is 3. The van der Waals surface area contributed by atoms with Crippen LogP contribution in [0.2, 0.25) is 0 Å². The number of para-hydroxylation sites is 1. The van der Waals surface area contributed by atoms with Crippen molar-refractivity contribution in [1.29, 1.82) is 0 Å². The number of amides is 1. The molecular weight excluding hydrogens is 324 g/mol. The summed E-state index contributed by atoms with van der Waals surface area (Å²) in [5, 5.41) is 3.95. The molecule has 124 valence electrons. The lowest BCUT2D eigenvalue weighted by molar-refractivity contribution is 0.102. The van der Waals surface area contributed by atoms with Crippen LogP contribution in [-0.4, -0.2) is 20.9 Å². The SMILES string of the molecule is O=C(Nc1ccc2nc3[nH]c4ccccc4c3nc2c1)c1ccccc1. The first-order valence-electron chi connectivity index (χ1n) is 8.32. The first-order valence-corrected chi connectivity index (χ1v) is 8.32. The van der Waals surface area contributed by atoms with Gasteiger partial charge in [0.05, 0.1) is 11.0 Å². The molecule has 0 aliphatic carbocycles. The Balaban J connectivity index is 1.59. The van der Waals surface area contributed by atoms with Gasteiger partial charge in [-0.05, 0) is 36.4 Å². The minimum Gasteiger partial charge on any atom is -0.338 e. The number of hydrogen-bond donors (Lipinski definition) is 2. The van der Waals surface area contributed by atoms with E-state index in [1.807, 2.05) is 60.7 Å². The van der Waals surface area contributed by atoms with E-state index in [2.05, 4.69) is 15.3 Å². The van der Waals surface area contributed by atoms with Gasteiger partial charge in [0.15, 0.2) is 5.65 Å². The number of fused-ring (bicyclic) bond motifs is 4. The quantitative estimate of drug-likeness (QED) is 0.497. The molecule has 0 aliphatic heterocycles. The Bertz CT molecular complexity index is 1270. The Labute approximate surface area is 148 Å². The number of benzene rings is 3. The Morgan fingerprint density at radius 3 is 2.54 bits per heavy atom. The van der Waals surface area contributed by atoms with Gasteiger partial charge in [0, 0.05) is 22.2 Å². The standard InChI is InChI=1S/C21H14N4O/c26-21(13-6-2-1-3-7-13)22-14-10-11-17-18(12-14)23-19-15-8-4-5-9-16(15)24-20(19)25-17/h1-12H,(H,22,26)(H,24,25). The molecule has 2 N–H and O–H groups in total. The molecule has 0 saturated carbocycles. The third-order valence-corrected chi connectivity index (χ3v) is 4.39. The minimum absolute atomic E-state index is 0.147. The second kappa shape index (κ2) is 5.67. The highest BCUT2D eigenvalue weighted by Gasteiger charge is 2.10. The van der Waals surface area contributed by atoms with Gasteiger partial charge in [-0.2, -0.15) is 0 Å². The largest absolute Gasteiger partial charge is 0.338 e. The zero-order valence-electron chi connectivity index (χ0n) is 13.7. The highest BCUT2D eigenvalue weighted by Crippen LogP contribution is 2.25. The van der Waals surface area contributed by atoms with E-state index in [0.717, 1.165) is 33.1 Å². The highest BCUT2D eigenvalue weighted by atomic mass is 16.1. The predicted molar refractivity (Wildman–Crippen MR) is 103 cm³/mol. The third-order valence-electron chi connectivity index (χ3n) is 4.39. The number of nitrogens with one attached hydrogen (secondary N) is 2. The molecule has 26 heavy (non-hydrogen) atoms. The Morgan fingerprint density at radius 1 is 0.846 bits per heavy atom. The zero-order chi connectivity index (χ0) is 17.5. The summed E-state index contributed by atoms with van der Waals surface area (Å²) < 4.78 is 0. The molecule has 5 aromatic rings. The van der Waals surface area contributed by atoms with Crippen molar-refractivity contribution in [1.82, 2.24) is 15.0 Å². The van der Waals surface area contributed by atoms with Crippen molar-refractivity contribution in [2.45, 2.75) is 0 Å². The molecule has 1 amide bonds. The van der Waals surface area contributed by atoms with E-state index >= 15 is 0 Å². The summed E-state index contributed by atoms with van der Waals surface area (Å²) in [4.78, 5) is 25.1. The molecular formula is C21H14N4O. The van der Waals surface area contributed by atoms with Crippen molar-refractivity contribution in [3.05, 3.63) is 78.4 Å². The summed E-state index contributed by atoms with van der Waals surface area (Å²) in [5.41, 5.74) is 5.44. The van der Waals surface area contributed by atoms with Gasteiger partial charge in [0.25, 0.3) is 5.91 Å². The van der Waals surface area contributed by atoms with Crippen molar-refractivity contribution < 1.29 is 4.79 Å². The molecule has 0 saturated heterocycles. The van der Waals surface area contributed by atoms with Crippen LogP contribution >= 0.6 is 0 Å². The molecule has 0 aliphatic rings. The van der Waals surface area contributed by atoms with Crippen LogP contribution in [-0.2, 0) is 0 Å². The van der Waals surface area contributed by atoms with E-state index in [0.29, 0.717) is 11.3 Å². The topological polar surface area (TPSA) is 70.7 Å². The summed E-state index contributed by atoms with van der Waals surface area (Å²) in [6.45, 7) is 0. The van der Waals surface area contributed by atoms with Gasteiger partial charge < -0.3 is 10.3 Å². The maximum absolute atomic E-state index is 12.3. The summed E-state index contributed by atoms with van der Waals surface area (Å²) >= 11 is 0. The number of carbonyl (C=O) groups is 1. The number of rotatable bonds is 2. The van der Waals surface area contributed by atoms with Gasteiger partial charge in [-0.1, -0.05) is 36.4 Å². The number of anilines is 1. The van der Waals surface area contributed by atoms with Crippen molar-refractivity contribution in [2.24, 2.45) is 0 Å². The summed E-state index contributed by atoms with van der Waals surface area (Å²) in [6, 6.07) is 22.7. The fourth-order valence-electron chi connectivity index (χ4n) is 3.13. The number of carbonyl (C=O) groups excluding carboxylic acids is 1. The number of aromatic amines is 1. The van der Waals surface area contributed by atoms with Crippen LogP contribution < -0.4 is 5.32 Å². The molecule has 0 unspecified atom stereocenters. The van der Waals surface area contributed by atoms with Gasteiger partial charge in [-0.15, -0.1) is 0 Å². The van der Waals surface area contributed by atoms with Crippen LogP contribution in [0.25, 0.3) is 33.1 Å². The second-order valence-electron chi connectivity index (χ2n) is 6.12. The molecule has 5 rings (SSSR count). The lowest BCUT2D eigenvalue weighted by Gasteiger charge is -2.06. The molecule has 5 nitrogen and oxygen atoms in total. The Morgan fingerprint density at radius 2 is 1.65 bits per heavy atom. The van der Waals surface area contributed by atoms with E-state index in [1.54, 1.807) is 12.1 Å². The molecule has 0 fully saturated rings. The lowest BCUT2D eigenvalue weighted by atomic mass is 10.2. The highest BCUT2D eigenvalue weighted by molar-refractivity contribution is 6.07. The van der Waals surface area contributed by atoms with Crippen LogP contribution in [0.5, 0.6) is 0 Å². The van der Waals surface area contributed by atoms with Crippen LogP contribution in [0.15, 0.2) is 72.8 Å². The fourth-order valence-corrected chi connectivity index (χ4v) is 3.13. The van der Waals surface area contributed by atoms with Crippen LogP contribution in [0.4, 0.5) is 5.69 Å². The maximum atomic E-state index is 12.3. The van der Waals surface area contributed by atoms with Crippen LogP contribution in [0.3, 0.4) is 0 Å². The second-order valence-corrected chi connectivity index (χ2v) is 6.12. The van der Waals surface area contributed by atoms with E-state index in [9.17, 15) is 4.79 Å². The normalized spacial score (nSPS) is 11.2. The first kappa shape index (κ1) is 14.6. The van der Waals surface area contributed by atoms with E-state index in [4.69, 9.17) is 4.98 Å². The number of H-pyrrole nitrogens is 1. The van der Waals surface area contributed by atoms with Crippen molar-refractivity contribution in [3.63, 3.8) is 0 Å². The Kier molecular flexibility index (Phi) is 3.18. The minimum atomic E-state index is -0.147. The van der Waals surface area contributed by atoms with Crippen molar-refractivity contribution >= 4 is 44.7 Å². The van der Waals surface area contributed by atoms with Crippen molar-refractivity contribution in [3.8, 4) is 0 Å². The average molecular weight is 338 g/mol. The number of aromatic nitrogens is 3. The summed E-state index contributed by atoms with van der Waals surface area (Å²) in [7, 11) is 0. The zero-order valence-corrected chi connectivity index (χ0v) is 13.7. The predicted octanol–water partition coefficient (Wildman–Crippen LogP) is 4.52. The van der Waals surface area contributed by atoms with E-state index in [1.165, 1.54) is 0 Å². The van der Waals surface area contributed by atoms with Crippen molar-refractivity contribution in [2.75, 3.05) is 5.32 Å². The van der Waals surface area contributed by atoms with Gasteiger partial charge >= 0.3 is 0 Å². The molecule has 5 heteroatoms. The van der Waals surface area contributed by atoms with Gasteiger partial charge in [-0.25, -0.2) is 9.97 Å². The smallest absolute Gasteiger partial charge is 0.255 e. The van der Waals surface area contributed by atoms with Crippen LogP contribution in [0, 0.1) is 0 Å². The summed E-state index contributed by atoms with van der Waals surface area (Å²) in [6.07, 6.45) is 0. The lowest BCUT2D eigenvalue weighted by Crippen LogP contribution is -2.11. The third kappa shape index (κ3) is 2.38. The van der Waals surface area contributed by atoms with Gasteiger partial charge in [-0.3, -0.25) is 4.79 Å². The molecule has 0 radical (unpaired) electrons. The fraction of sp³-hybridized carbons (Fsp3) is 0. The van der Waals surface area contributed by atoms with E-state index < -0.39 is 0 Å². The first-order chi connectivity index (χ1) is 12.8. The van der Waals surface area contributed by atoms with Gasteiger partial charge in [0.1, 0.15) is 5.52 Å². The average Bonchev–Trinajstić information content (AvgIpc) is 3.04. The molecule has 2 heterocycles. The molecule has 2 aromatic heterocycles. The maximum Gasteiger partial charge on any atom is 0.255 e. The van der Waals surface area contributed by atoms with Crippen LogP contribution in [0.1, 0.15) is 10.4 Å². The molecule has 0 bridgehead atoms. The van der Waals surface area contributed by atoms with E-state index in [-0.39, 0.29) is 5.91 Å². The molecule has 0 spiro atoms.